The number of aliphatic hydroxyl groups is 1. The van der Waals surface area contributed by atoms with Crippen molar-refractivity contribution in [2.75, 3.05) is 6.61 Å². The zero-order valence-electron chi connectivity index (χ0n) is 6.90. The van der Waals surface area contributed by atoms with Crippen molar-refractivity contribution in [2.24, 2.45) is 5.73 Å². The van der Waals surface area contributed by atoms with Crippen molar-refractivity contribution in [2.45, 2.75) is 31.5 Å². The number of amides is 1. The molecule has 1 saturated heterocycles. The molecular weight excluding hydrogens is 158 g/mol. The zero-order valence-corrected chi connectivity index (χ0v) is 6.90. The molecule has 1 aliphatic rings. The SMILES string of the molecule is NC(=O)C1OCCCC[CH]C1O. The van der Waals surface area contributed by atoms with Crippen LogP contribution in [0.2, 0.25) is 0 Å². The molecule has 0 aromatic heterocycles. The summed E-state index contributed by atoms with van der Waals surface area (Å²) in [6, 6.07) is 0. The van der Waals surface area contributed by atoms with E-state index >= 15 is 0 Å². The fourth-order valence-electron chi connectivity index (χ4n) is 1.22. The van der Waals surface area contributed by atoms with Gasteiger partial charge in [-0.05, 0) is 19.3 Å². The molecule has 4 nitrogen and oxygen atoms in total. The molecule has 0 aliphatic carbocycles. The first-order valence-electron chi connectivity index (χ1n) is 4.14. The number of carbonyl (C=O) groups is 1. The average molecular weight is 172 g/mol. The van der Waals surface area contributed by atoms with Crippen LogP contribution < -0.4 is 5.73 Å². The maximum absolute atomic E-state index is 10.7. The summed E-state index contributed by atoms with van der Waals surface area (Å²) in [5.74, 6) is -0.597. The standard InChI is InChI=1S/C8H14NO3/c9-8(11)7-6(10)4-2-1-3-5-12-7/h4,6-7,10H,1-3,5H2,(H2,9,11). The molecule has 0 aromatic carbocycles. The van der Waals surface area contributed by atoms with Gasteiger partial charge in [-0.3, -0.25) is 4.79 Å². The third-order valence-electron chi connectivity index (χ3n) is 1.89. The Morgan fingerprint density at radius 2 is 2.33 bits per heavy atom. The molecule has 4 heteroatoms. The monoisotopic (exact) mass is 172 g/mol. The van der Waals surface area contributed by atoms with Gasteiger partial charge in [0.2, 0.25) is 5.91 Å². The first-order chi connectivity index (χ1) is 5.72. The molecule has 0 bridgehead atoms. The number of aliphatic hydroxyl groups excluding tert-OH is 1. The average Bonchev–Trinajstić information content (AvgIpc) is 1.96. The minimum absolute atomic E-state index is 0.499. The normalized spacial score (nSPS) is 32.1. The maximum atomic E-state index is 10.7. The van der Waals surface area contributed by atoms with E-state index in [0.29, 0.717) is 6.61 Å². The predicted molar refractivity (Wildman–Crippen MR) is 43.1 cm³/mol. The van der Waals surface area contributed by atoms with Gasteiger partial charge in [-0.15, -0.1) is 0 Å². The molecule has 0 spiro atoms. The highest BCUT2D eigenvalue weighted by Gasteiger charge is 2.26. The molecule has 1 heterocycles. The lowest BCUT2D eigenvalue weighted by molar-refractivity contribution is -0.136. The van der Waals surface area contributed by atoms with Crippen LogP contribution in [0.5, 0.6) is 0 Å². The Bertz CT molecular complexity index is 160. The van der Waals surface area contributed by atoms with Crippen molar-refractivity contribution in [3.63, 3.8) is 0 Å². The number of rotatable bonds is 1. The first-order valence-corrected chi connectivity index (χ1v) is 4.14. The number of hydrogen-bond donors (Lipinski definition) is 2. The molecule has 2 unspecified atom stereocenters. The third kappa shape index (κ3) is 2.46. The Morgan fingerprint density at radius 3 is 3.00 bits per heavy atom. The van der Waals surface area contributed by atoms with E-state index in [2.05, 4.69) is 0 Å². The Morgan fingerprint density at radius 1 is 1.58 bits per heavy atom. The number of hydrogen-bond acceptors (Lipinski definition) is 3. The van der Waals surface area contributed by atoms with Crippen LogP contribution in [-0.4, -0.2) is 29.8 Å². The molecule has 1 rings (SSSR count). The molecule has 3 N–H and O–H groups in total. The second-order valence-electron chi connectivity index (χ2n) is 2.92. The van der Waals surface area contributed by atoms with E-state index in [1.54, 1.807) is 6.42 Å². The molecule has 69 valence electrons. The van der Waals surface area contributed by atoms with E-state index in [4.69, 9.17) is 10.5 Å². The Kier molecular flexibility index (Phi) is 3.49. The van der Waals surface area contributed by atoms with Crippen LogP contribution in [0.25, 0.3) is 0 Å². The zero-order chi connectivity index (χ0) is 8.97. The van der Waals surface area contributed by atoms with Crippen LogP contribution in [0, 0.1) is 6.42 Å². The lowest BCUT2D eigenvalue weighted by atomic mass is 10.0. The summed E-state index contributed by atoms with van der Waals surface area (Å²) >= 11 is 0. The minimum Gasteiger partial charge on any atom is -0.390 e. The largest absolute Gasteiger partial charge is 0.390 e. The summed E-state index contributed by atoms with van der Waals surface area (Å²) in [5, 5.41) is 9.36. The highest BCUT2D eigenvalue weighted by Crippen LogP contribution is 2.12. The van der Waals surface area contributed by atoms with Crippen LogP contribution in [0.3, 0.4) is 0 Å². The van der Waals surface area contributed by atoms with Crippen LogP contribution in [0.4, 0.5) is 0 Å². The molecule has 2 atom stereocenters. The number of carbonyl (C=O) groups excluding carboxylic acids is 1. The van der Waals surface area contributed by atoms with Crippen molar-refractivity contribution in [3.05, 3.63) is 6.42 Å². The van der Waals surface area contributed by atoms with Crippen molar-refractivity contribution < 1.29 is 14.6 Å². The van der Waals surface area contributed by atoms with E-state index in [0.717, 1.165) is 19.3 Å². The van der Waals surface area contributed by atoms with Crippen molar-refractivity contribution in [1.82, 2.24) is 0 Å². The minimum atomic E-state index is -0.856. The van der Waals surface area contributed by atoms with Gasteiger partial charge in [0, 0.05) is 6.61 Å². The smallest absolute Gasteiger partial charge is 0.249 e. The molecule has 0 aromatic rings. The van der Waals surface area contributed by atoms with Gasteiger partial charge in [0.1, 0.15) is 0 Å². The lowest BCUT2D eigenvalue weighted by Gasteiger charge is -2.22. The Balaban J connectivity index is 2.48. The van der Waals surface area contributed by atoms with Gasteiger partial charge in [0.25, 0.3) is 0 Å². The van der Waals surface area contributed by atoms with Gasteiger partial charge in [0.15, 0.2) is 6.10 Å². The quantitative estimate of drug-likeness (QED) is 0.565. The summed E-state index contributed by atoms with van der Waals surface area (Å²) in [4.78, 5) is 10.7. The molecule has 1 radical (unpaired) electrons. The third-order valence-corrected chi connectivity index (χ3v) is 1.89. The van der Waals surface area contributed by atoms with Crippen LogP contribution in [0.1, 0.15) is 19.3 Å². The first kappa shape index (κ1) is 9.48. The fraction of sp³-hybridized carbons (Fsp3) is 0.750. The van der Waals surface area contributed by atoms with Crippen molar-refractivity contribution in [1.29, 1.82) is 0 Å². The van der Waals surface area contributed by atoms with E-state index in [9.17, 15) is 9.90 Å². The second kappa shape index (κ2) is 4.42. The summed E-state index contributed by atoms with van der Waals surface area (Å²) < 4.78 is 5.10. The van der Waals surface area contributed by atoms with Crippen molar-refractivity contribution >= 4 is 5.91 Å². The van der Waals surface area contributed by atoms with Gasteiger partial charge in [-0.1, -0.05) is 6.42 Å². The number of primary amides is 1. The van der Waals surface area contributed by atoms with Crippen LogP contribution in [-0.2, 0) is 9.53 Å². The van der Waals surface area contributed by atoms with Crippen LogP contribution in [0.15, 0.2) is 0 Å². The molecule has 1 amide bonds. The maximum Gasteiger partial charge on any atom is 0.249 e. The van der Waals surface area contributed by atoms with Gasteiger partial charge < -0.3 is 15.6 Å². The molecule has 12 heavy (non-hydrogen) atoms. The second-order valence-corrected chi connectivity index (χ2v) is 2.92. The summed E-state index contributed by atoms with van der Waals surface area (Å²) in [6.07, 6.45) is 2.69. The van der Waals surface area contributed by atoms with E-state index < -0.39 is 18.1 Å². The predicted octanol–water partition coefficient (Wildman–Crippen LogP) is -0.394. The van der Waals surface area contributed by atoms with Gasteiger partial charge >= 0.3 is 0 Å². The van der Waals surface area contributed by atoms with E-state index in [1.165, 1.54) is 0 Å². The van der Waals surface area contributed by atoms with Gasteiger partial charge in [-0.25, -0.2) is 0 Å². The number of nitrogens with two attached hydrogens (primary N) is 1. The lowest BCUT2D eigenvalue weighted by Crippen LogP contribution is -2.42. The molecule has 0 saturated carbocycles. The van der Waals surface area contributed by atoms with E-state index in [-0.39, 0.29) is 0 Å². The Labute approximate surface area is 71.7 Å². The fourth-order valence-corrected chi connectivity index (χ4v) is 1.22. The Hall–Kier alpha value is -0.610. The molecular formula is C8H14NO3. The van der Waals surface area contributed by atoms with Gasteiger partial charge in [-0.2, -0.15) is 0 Å². The summed E-state index contributed by atoms with van der Waals surface area (Å²) in [6.45, 7) is 0.499. The highest BCUT2D eigenvalue weighted by molar-refractivity contribution is 5.79. The van der Waals surface area contributed by atoms with Crippen LogP contribution >= 0.6 is 0 Å². The summed E-state index contributed by atoms with van der Waals surface area (Å²) in [5.41, 5.74) is 5.03. The highest BCUT2D eigenvalue weighted by atomic mass is 16.5. The molecule has 1 fully saturated rings. The van der Waals surface area contributed by atoms with Crippen molar-refractivity contribution in [3.8, 4) is 0 Å². The topological polar surface area (TPSA) is 72.6 Å². The molecule has 1 aliphatic heterocycles. The van der Waals surface area contributed by atoms with Gasteiger partial charge in [0.05, 0.1) is 6.10 Å². The van der Waals surface area contributed by atoms with E-state index in [1.807, 2.05) is 0 Å². The number of ether oxygens (including phenoxy) is 1. The summed E-state index contributed by atoms with van der Waals surface area (Å²) in [7, 11) is 0.